The van der Waals surface area contributed by atoms with E-state index in [-0.39, 0.29) is 4.90 Å². The first-order chi connectivity index (χ1) is 9.86. The van der Waals surface area contributed by atoms with E-state index in [1.54, 1.807) is 12.1 Å². The molecule has 0 radical (unpaired) electrons. The van der Waals surface area contributed by atoms with Gasteiger partial charge in [-0.05, 0) is 50.0 Å². The largest absolute Gasteiger partial charge is 0.397 e. The third-order valence-electron chi connectivity index (χ3n) is 4.07. The third kappa shape index (κ3) is 4.61. The molecule has 0 bridgehead atoms. The molecule has 5 nitrogen and oxygen atoms in total. The van der Waals surface area contributed by atoms with Crippen LogP contribution in [0.4, 0.5) is 11.4 Å². The van der Waals surface area contributed by atoms with Crippen LogP contribution in [-0.2, 0) is 9.84 Å². The van der Waals surface area contributed by atoms with Crippen LogP contribution in [0.2, 0.25) is 0 Å². The van der Waals surface area contributed by atoms with Gasteiger partial charge in [-0.15, -0.1) is 0 Å². The molecule has 0 saturated carbocycles. The fourth-order valence-electron chi connectivity index (χ4n) is 2.57. The summed E-state index contributed by atoms with van der Waals surface area (Å²) in [5.41, 5.74) is 7.19. The van der Waals surface area contributed by atoms with Gasteiger partial charge in [-0.1, -0.05) is 6.92 Å². The van der Waals surface area contributed by atoms with Gasteiger partial charge in [0, 0.05) is 19.3 Å². The second-order valence-corrected chi connectivity index (χ2v) is 7.99. The average Bonchev–Trinajstić information content (AvgIpc) is 2.41. The number of anilines is 2. The first-order valence-corrected chi connectivity index (χ1v) is 9.31. The van der Waals surface area contributed by atoms with E-state index in [4.69, 9.17) is 5.73 Å². The van der Waals surface area contributed by atoms with E-state index >= 15 is 0 Å². The first-order valence-electron chi connectivity index (χ1n) is 7.42. The van der Waals surface area contributed by atoms with Crippen molar-refractivity contribution >= 4 is 21.2 Å². The Labute approximate surface area is 127 Å². The predicted octanol–water partition coefficient (Wildman–Crippen LogP) is 1.82. The standard InChI is InChI=1S/C15H25N3O2S/c1-12-5-8-18(9-6-12)10-7-17-15-4-3-13(11-14(15)16)21(2,19)20/h3-4,11-12,17H,5-10,16H2,1-2H3. The number of piperidine rings is 1. The highest BCUT2D eigenvalue weighted by atomic mass is 32.2. The molecule has 0 amide bonds. The van der Waals surface area contributed by atoms with Crippen molar-refractivity contribution < 1.29 is 8.42 Å². The summed E-state index contributed by atoms with van der Waals surface area (Å²) in [6.45, 7) is 6.42. The Morgan fingerprint density at radius 3 is 2.57 bits per heavy atom. The van der Waals surface area contributed by atoms with Crippen molar-refractivity contribution in [1.82, 2.24) is 4.90 Å². The maximum atomic E-state index is 11.5. The van der Waals surface area contributed by atoms with Crippen molar-refractivity contribution in [3.05, 3.63) is 18.2 Å². The molecule has 3 N–H and O–H groups in total. The van der Waals surface area contributed by atoms with Crippen LogP contribution < -0.4 is 11.1 Å². The number of nitrogens with two attached hydrogens (primary N) is 1. The molecule has 2 rings (SSSR count). The minimum absolute atomic E-state index is 0.260. The van der Waals surface area contributed by atoms with E-state index < -0.39 is 9.84 Å². The van der Waals surface area contributed by atoms with Crippen LogP contribution in [0.1, 0.15) is 19.8 Å². The van der Waals surface area contributed by atoms with Gasteiger partial charge in [-0.2, -0.15) is 0 Å². The zero-order chi connectivity index (χ0) is 15.5. The van der Waals surface area contributed by atoms with Crippen molar-refractivity contribution in [2.45, 2.75) is 24.7 Å². The molecule has 0 spiro atoms. The molecular weight excluding hydrogens is 286 g/mol. The molecular formula is C15H25N3O2S. The summed E-state index contributed by atoms with van der Waals surface area (Å²) in [5, 5.41) is 3.29. The minimum Gasteiger partial charge on any atom is -0.397 e. The number of likely N-dealkylation sites (tertiary alicyclic amines) is 1. The van der Waals surface area contributed by atoms with Crippen molar-refractivity contribution in [2.24, 2.45) is 5.92 Å². The van der Waals surface area contributed by atoms with E-state index in [1.165, 1.54) is 25.2 Å². The quantitative estimate of drug-likeness (QED) is 0.811. The van der Waals surface area contributed by atoms with Crippen LogP contribution in [0.15, 0.2) is 23.1 Å². The number of hydrogen-bond donors (Lipinski definition) is 2. The van der Waals surface area contributed by atoms with Gasteiger partial charge in [0.1, 0.15) is 0 Å². The van der Waals surface area contributed by atoms with Gasteiger partial charge in [-0.3, -0.25) is 0 Å². The number of hydrogen-bond acceptors (Lipinski definition) is 5. The molecule has 1 heterocycles. The summed E-state index contributed by atoms with van der Waals surface area (Å²) in [6, 6.07) is 4.85. The zero-order valence-electron chi connectivity index (χ0n) is 12.8. The van der Waals surface area contributed by atoms with Crippen molar-refractivity contribution in [2.75, 3.05) is 43.5 Å². The molecule has 1 saturated heterocycles. The van der Waals surface area contributed by atoms with Crippen LogP contribution in [0, 0.1) is 5.92 Å². The molecule has 6 heteroatoms. The van der Waals surface area contributed by atoms with Crippen LogP contribution in [0.5, 0.6) is 0 Å². The zero-order valence-corrected chi connectivity index (χ0v) is 13.6. The van der Waals surface area contributed by atoms with E-state index in [0.29, 0.717) is 5.69 Å². The fourth-order valence-corrected chi connectivity index (χ4v) is 3.22. The van der Waals surface area contributed by atoms with Crippen molar-refractivity contribution in [3.8, 4) is 0 Å². The number of nitrogens with one attached hydrogen (secondary N) is 1. The minimum atomic E-state index is -3.20. The summed E-state index contributed by atoms with van der Waals surface area (Å²) in [7, 11) is -3.20. The smallest absolute Gasteiger partial charge is 0.175 e. The van der Waals surface area contributed by atoms with Crippen LogP contribution in [0.25, 0.3) is 0 Å². The topological polar surface area (TPSA) is 75.4 Å². The Bertz CT molecular complexity index is 579. The third-order valence-corrected chi connectivity index (χ3v) is 5.18. The van der Waals surface area contributed by atoms with E-state index in [9.17, 15) is 8.42 Å². The maximum absolute atomic E-state index is 11.5. The summed E-state index contributed by atoms with van der Waals surface area (Å²) < 4.78 is 22.9. The molecule has 118 valence electrons. The first kappa shape index (κ1) is 16.1. The SMILES string of the molecule is CC1CCN(CCNc2ccc(S(C)(=O)=O)cc2N)CC1. The summed E-state index contributed by atoms with van der Waals surface area (Å²) in [6.07, 6.45) is 3.72. The average molecular weight is 311 g/mol. The summed E-state index contributed by atoms with van der Waals surface area (Å²) in [5.74, 6) is 0.841. The van der Waals surface area contributed by atoms with Gasteiger partial charge < -0.3 is 16.0 Å². The van der Waals surface area contributed by atoms with Crippen LogP contribution in [-0.4, -0.2) is 45.8 Å². The van der Waals surface area contributed by atoms with Crippen LogP contribution >= 0.6 is 0 Å². The van der Waals surface area contributed by atoms with Gasteiger partial charge >= 0.3 is 0 Å². The lowest BCUT2D eigenvalue weighted by atomic mass is 9.99. The van der Waals surface area contributed by atoms with Gasteiger partial charge in [0.05, 0.1) is 16.3 Å². The Morgan fingerprint density at radius 2 is 2.00 bits per heavy atom. The number of nitrogen functional groups attached to an aromatic ring is 1. The molecule has 1 fully saturated rings. The molecule has 1 aromatic rings. The van der Waals surface area contributed by atoms with E-state index in [0.717, 1.165) is 37.8 Å². The van der Waals surface area contributed by atoms with Crippen molar-refractivity contribution in [3.63, 3.8) is 0 Å². The van der Waals surface area contributed by atoms with Gasteiger partial charge in [0.25, 0.3) is 0 Å². The fraction of sp³-hybridized carbons (Fsp3) is 0.600. The van der Waals surface area contributed by atoms with Crippen LogP contribution in [0.3, 0.4) is 0 Å². The summed E-state index contributed by atoms with van der Waals surface area (Å²) in [4.78, 5) is 2.71. The van der Waals surface area contributed by atoms with Gasteiger partial charge in [0.15, 0.2) is 9.84 Å². The van der Waals surface area contributed by atoms with Gasteiger partial charge in [0.2, 0.25) is 0 Å². The lowest BCUT2D eigenvalue weighted by Gasteiger charge is -2.30. The van der Waals surface area contributed by atoms with E-state index in [2.05, 4.69) is 17.1 Å². The second kappa shape index (κ2) is 6.66. The predicted molar refractivity (Wildman–Crippen MR) is 87.3 cm³/mol. The molecule has 0 unspecified atom stereocenters. The molecule has 0 aliphatic carbocycles. The number of rotatable bonds is 5. The monoisotopic (exact) mass is 311 g/mol. The van der Waals surface area contributed by atoms with Crippen molar-refractivity contribution in [1.29, 1.82) is 0 Å². The molecule has 21 heavy (non-hydrogen) atoms. The van der Waals surface area contributed by atoms with E-state index in [1.807, 2.05) is 0 Å². The second-order valence-electron chi connectivity index (χ2n) is 5.97. The summed E-state index contributed by atoms with van der Waals surface area (Å²) >= 11 is 0. The highest BCUT2D eigenvalue weighted by molar-refractivity contribution is 7.90. The maximum Gasteiger partial charge on any atom is 0.175 e. The number of nitrogens with zero attached hydrogens (tertiary/aromatic N) is 1. The van der Waals surface area contributed by atoms with Gasteiger partial charge in [-0.25, -0.2) is 8.42 Å². The Hall–Kier alpha value is -1.27. The Balaban J connectivity index is 1.86. The molecule has 1 aliphatic heterocycles. The molecule has 1 aliphatic rings. The lowest BCUT2D eigenvalue weighted by molar-refractivity contribution is 0.199. The highest BCUT2D eigenvalue weighted by Gasteiger charge is 2.15. The Morgan fingerprint density at radius 1 is 1.33 bits per heavy atom. The highest BCUT2D eigenvalue weighted by Crippen LogP contribution is 2.22. The number of benzene rings is 1. The normalized spacial score (nSPS) is 17.8. The molecule has 0 aromatic heterocycles. The Kier molecular flexibility index (Phi) is 5.11. The molecule has 1 aromatic carbocycles. The lowest BCUT2D eigenvalue weighted by Crippen LogP contribution is -2.36. The molecule has 0 atom stereocenters. The number of sulfone groups is 1.